The molecule has 0 fully saturated rings. The molecule has 0 aliphatic rings. The lowest BCUT2D eigenvalue weighted by Crippen LogP contribution is -2.35. The molecular weight excluding hydrogens is 729 g/mol. The predicted octanol–water partition coefficient (Wildman–Crippen LogP) is 7.23. The third-order valence-electron chi connectivity index (χ3n) is 8.26. The molecule has 0 saturated carbocycles. The Hall–Kier alpha value is -1.63. The minimum atomic E-state index is -4.48. The first kappa shape index (κ1) is 52.5. The van der Waals surface area contributed by atoms with E-state index in [2.05, 4.69) is 36.7 Å². The fraction of sp³-hybridized carbons (Fsp3) is 0.806. The van der Waals surface area contributed by atoms with Gasteiger partial charge in [-0.3, -0.25) is 12.9 Å². The van der Waals surface area contributed by atoms with Crippen molar-refractivity contribution in [2.24, 2.45) is 0 Å². The minimum absolute atomic E-state index is 0. The molecule has 0 aliphatic carbocycles. The summed E-state index contributed by atoms with van der Waals surface area (Å²) in [6.07, 6.45) is 26.8. The summed E-state index contributed by atoms with van der Waals surface area (Å²) in [4.78, 5) is 9.53. The van der Waals surface area contributed by atoms with Crippen molar-refractivity contribution in [3.8, 4) is 0 Å². The van der Waals surface area contributed by atoms with E-state index in [-0.39, 0.29) is 18.7 Å². The highest BCUT2D eigenvalue weighted by Crippen LogP contribution is 2.14. The number of aliphatic hydroxyl groups is 1. The number of thiazole rings is 1. The number of aromatic nitrogens is 3. The van der Waals surface area contributed by atoms with E-state index < -0.39 is 21.8 Å². The van der Waals surface area contributed by atoms with Crippen molar-refractivity contribution in [2.45, 2.75) is 169 Å². The maximum absolute atomic E-state index is 10.1. The second-order valence-electron chi connectivity index (χ2n) is 12.8. The molecule has 0 radical (unpaired) electrons. The van der Waals surface area contributed by atoms with Gasteiger partial charge in [0, 0.05) is 26.1 Å². The monoisotopic (exact) mass is 798 g/mol. The lowest BCUT2D eigenvalue weighted by Gasteiger charge is -2.06. The summed E-state index contributed by atoms with van der Waals surface area (Å²) < 4.78 is 59.6. The van der Waals surface area contributed by atoms with Crippen LogP contribution in [0.5, 0.6) is 0 Å². The van der Waals surface area contributed by atoms with Crippen molar-refractivity contribution in [1.82, 2.24) is 9.97 Å². The van der Waals surface area contributed by atoms with Crippen LogP contribution in [-0.2, 0) is 43.1 Å². The van der Waals surface area contributed by atoms with Crippen LogP contribution in [0.4, 0.5) is 5.82 Å². The zero-order chi connectivity index (χ0) is 38.2. The molecule has 2 heterocycles. The largest absolute Gasteiger partial charge is 0.726 e. The van der Waals surface area contributed by atoms with E-state index in [1.165, 1.54) is 101 Å². The van der Waals surface area contributed by atoms with Gasteiger partial charge in [0.05, 0.1) is 23.7 Å². The average molecular weight is 799 g/mol. The number of nitrogens with two attached hydrogens (primary N) is 1. The number of anilines is 1. The molecule has 0 aromatic carbocycles. The third kappa shape index (κ3) is 31.9. The minimum Gasteiger partial charge on any atom is -0.726 e. The molecule has 2 rings (SSSR count). The highest BCUT2D eigenvalue weighted by atomic mass is 32.3. The molecule has 0 saturated heterocycles. The van der Waals surface area contributed by atoms with Crippen LogP contribution in [0.2, 0.25) is 0 Å². The maximum atomic E-state index is 10.1. The fourth-order valence-electron chi connectivity index (χ4n) is 5.24. The molecule has 52 heavy (non-hydrogen) atoms. The molecule has 0 spiro atoms. The Morgan fingerprint density at radius 3 is 1.73 bits per heavy atom. The summed E-state index contributed by atoms with van der Waals surface area (Å²) in [5.41, 5.74) is 10.0. The molecule has 1 unspecified atom stereocenters. The molecule has 306 valence electrons. The first-order valence-corrected chi connectivity index (χ1v) is 22.2. The Balaban J connectivity index is 0. The average Bonchev–Trinajstić information content (AvgIpc) is 3.42. The van der Waals surface area contributed by atoms with Gasteiger partial charge in [0.25, 0.3) is 0 Å². The standard InChI is InChI=1S/C12H17N4OS.C12H26O4S.C12H26O3S.H2O/c1-8-11(3-4-17)18-7-16(8)6-10-5-14-9(2)15-12(10)13;1-2-3-4-5-6-7-8-9-10-11-12-16-17(13,14)15;1-2-3-4-5-6-7-8-9-10-11-12-15-16(13)14;/h5,7,17H,3-4,6H2,1-2H3,(H2,13,14,15);2-12H2,1H3,(H,13,14,15);2-12H2,1H3,(H,13,14);1H2/q+1;;;/p-1. The van der Waals surface area contributed by atoms with Crippen LogP contribution >= 0.6 is 11.3 Å². The Morgan fingerprint density at radius 2 is 1.31 bits per heavy atom. The van der Waals surface area contributed by atoms with Crippen LogP contribution in [0.25, 0.3) is 0 Å². The fourth-order valence-corrected chi connectivity index (χ4v) is 6.80. The van der Waals surface area contributed by atoms with Gasteiger partial charge in [0.1, 0.15) is 11.6 Å². The van der Waals surface area contributed by atoms with Crippen molar-refractivity contribution in [2.75, 3.05) is 25.6 Å². The quantitative estimate of drug-likeness (QED) is 0.0256. The summed E-state index contributed by atoms with van der Waals surface area (Å²) in [6, 6.07) is 0. The van der Waals surface area contributed by atoms with Crippen LogP contribution in [0, 0.1) is 13.8 Å². The van der Waals surface area contributed by atoms with Crippen molar-refractivity contribution in [3.63, 3.8) is 0 Å². The second-order valence-corrected chi connectivity index (χ2v) is 15.5. The SMILES string of the molecule is CCCCCCCCCCCCOS(=O)(=O)[O-].CCCCCCCCCCCCOS(=O)O.Cc1ncc(C[n+]2csc(CCO)c2C)c(N)n1.O. The number of aryl methyl sites for hydroxylation is 1. The van der Waals surface area contributed by atoms with Gasteiger partial charge >= 0.3 is 11.4 Å². The summed E-state index contributed by atoms with van der Waals surface area (Å²) in [7, 11) is -4.48. The van der Waals surface area contributed by atoms with Crippen LogP contribution in [0.1, 0.15) is 164 Å². The molecule has 0 amide bonds. The molecule has 2 aromatic heterocycles. The zero-order valence-electron chi connectivity index (χ0n) is 32.3. The number of aliphatic hydroxyl groups excluding tert-OH is 1. The highest BCUT2D eigenvalue weighted by molar-refractivity contribution is 7.80. The number of hydrogen-bond acceptors (Lipinski definition) is 11. The van der Waals surface area contributed by atoms with Crippen molar-refractivity contribution < 1.29 is 45.2 Å². The lowest BCUT2D eigenvalue weighted by molar-refractivity contribution is -0.689. The third-order valence-corrected chi connectivity index (χ3v) is 10.2. The molecule has 2 aromatic rings. The zero-order valence-corrected chi connectivity index (χ0v) is 34.8. The van der Waals surface area contributed by atoms with E-state index >= 15 is 0 Å². The highest BCUT2D eigenvalue weighted by Gasteiger charge is 2.17. The Bertz CT molecular complexity index is 1250. The second kappa shape index (κ2) is 35.1. The Labute approximate surface area is 321 Å². The summed E-state index contributed by atoms with van der Waals surface area (Å²) >= 11 is -0.429. The van der Waals surface area contributed by atoms with Gasteiger partial charge in [-0.05, 0) is 19.8 Å². The van der Waals surface area contributed by atoms with E-state index in [0.29, 0.717) is 37.6 Å². The van der Waals surface area contributed by atoms with Gasteiger partial charge in [0.15, 0.2) is 12.2 Å². The molecule has 0 bridgehead atoms. The molecule has 6 N–H and O–H groups in total. The number of rotatable bonds is 28. The first-order valence-electron chi connectivity index (χ1n) is 18.9. The molecule has 0 aliphatic heterocycles. The number of hydrogen-bond donors (Lipinski definition) is 3. The number of nitrogen functional groups attached to an aromatic ring is 1. The van der Waals surface area contributed by atoms with E-state index in [1.807, 2.05) is 19.4 Å². The van der Waals surface area contributed by atoms with Gasteiger partial charge in [-0.2, -0.15) is 8.78 Å². The van der Waals surface area contributed by atoms with Crippen LogP contribution < -0.4 is 10.3 Å². The normalized spacial score (nSPS) is 11.6. The van der Waals surface area contributed by atoms with E-state index in [9.17, 15) is 17.2 Å². The smallest absolute Gasteiger partial charge is 0.301 e. The number of unbranched alkanes of at least 4 members (excludes halogenated alkanes) is 18. The predicted molar refractivity (Wildman–Crippen MR) is 210 cm³/mol. The molecule has 13 nitrogen and oxygen atoms in total. The first-order chi connectivity index (χ1) is 24.4. The molecule has 16 heteroatoms. The van der Waals surface area contributed by atoms with Crippen molar-refractivity contribution in [3.05, 3.63) is 33.7 Å². The van der Waals surface area contributed by atoms with E-state index in [4.69, 9.17) is 15.4 Å². The van der Waals surface area contributed by atoms with Crippen molar-refractivity contribution >= 4 is 38.9 Å². The van der Waals surface area contributed by atoms with Crippen LogP contribution in [0.3, 0.4) is 0 Å². The van der Waals surface area contributed by atoms with Crippen LogP contribution in [-0.4, -0.2) is 62.1 Å². The number of nitrogens with zero attached hydrogens (tertiary/aromatic N) is 3. The molecular formula is C36H70N4O9S3. The summed E-state index contributed by atoms with van der Waals surface area (Å²) in [6.45, 7) is 9.60. The van der Waals surface area contributed by atoms with Crippen molar-refractivity contribution in [1.29, 1.82) is 0 Å². The van der Waals surface area contributed by atoms with Gasteiger partial charge in [-0.1, -0.05) is 141 Å². The van der Waals surface area contributed by atoms with Gasteiger partial charge in [-0.15, -0.1) is 0 Å². The van der Waals surface area contributed by atoms with Gasteiger partial charge < -0.3 is 20.9 Å². The van der Waals surface area contributed by atoms with Gasteiger partial charge in [-0.25, -0.2) is 18.4 Å². The Kier molecular flexibility index (Phi) is 35.4. The van der Waals surface area contributed by atoms with E-state index in [0.717, 1.165) is 36.9 Å². The van der Waals surface area contributed by atoms with Crippen LogP contribution in [0.15, 0.2) is 11.7 Å². The summed E-state index contributed by atoms with van der Waals surface area (Å²) in [5.74, 6) is 1.22. The topological polar surface area (TPSA) is 220 Å². The maximum Gasteiger partial charge on any atom is 0.301 e. The van der Waals surface area contributed by atoms with Gasteiger partial charge in [0.2, 0.25) is 15.9 Å². The lowest BCUT2D eigenvalue weighted by atomic mass is 10.1. The summed E-state index contributed by atoms with van der Waals surface area (Å²) in [5, 5.41) is 8.98. The van der Waals surface area contributed by atoms with E-state index in [1.54, 1.807) is 17.5 Å². The molecule has 1 atom stereocenters. The Morgan fingerprint density at radius 1 is 0.846 bits per heavy atom.